The van der Waals surface area contributed by atoms with E-state index < -0.39 is 21.8 Å². The smallest absolute Gasteiger partial charge is 0.355 e. The van der Waals surface area contributed by atoms with Gasteiger partial charge in [-0.2, -0.15) is 13.2 Å². The van der Waals surface area contributed by atoms with Crippen molar-refractivity contribution in [3.63, 3.8) is 0 Å². The van der Waals surface area contributed by atoms with Gasteiger partial charge in [0.15, 0.2) is 0 Å². The number of hydrogen-bond acceptors (Lipinski definition) is 4. The quantitative estimate of drug-likeness (QED) is 0.901. The predicted molar refractivity (Wildman–Crippen MR) is 77.5 cm³/mol. The molecule has 0 aliphatic carbocycles. The number of piperidine rings is 1. The lowest BCUT2D eigenvalue weighted by atomic mass is 10.1. The lowest BCUT2D eigenvalue weighted by molar-refractivity contribution is -0.137. The minimum atomic E-state index is -4.48. The van der Waals surface area contributed by atoms with Crippen molar-refractivity contribution in [3.8, 4) is 0 Å². The molecule has 0 radical (unpaired) electrons. The number of sulfonamides is 1. The van der Waals surface area contributed by atoms with Crippen LogP contribution in [0.1, 0.15) is 18.4 Å². The van der Waals surface area contributed by atoms with Gasteiger partial charge in [-0.25, -0.2) is 18.1 Å². The van der Waals surface area contributed by atoms with Crippen molar-refractivity contribution in [2.24, 2.45) is 0 Å². The normalized spacial score (nSPS) is 17.8. The number of hydrogen-bond donors (Lipinski definition) is 1. The Morgan fingerprint density at radius 3 is 2.41 bits per heavy atom. The highest BCUT2D eigenvalue weighted by atomic mass is 35.5. The largest absolute Gasteiger partial charge is 0.417 e. The van der Waals surface area contributed by atoms with Gasteiger partial charge >= 0.3 is 6.18 Å². The van der Waals surface area contributed by atoms with Gasteiger partial charge in [-0.15, -0.1) is 0 Å². The van der Waals surface area contributed by atoms with Gasteiger partial charge in [0.2, 0.25) is 10.0 Å². The van der Waals surface area contributed by atoms with Gasteiger partial charge in [-0.05, 0) is 18.9 Å². The van der Waals surface area contributed by atoms with Crippen LogP contribution in [0.2, 0.25) is 5.02 Å². The van der Waals surface area contributed by atoms with E-state index in [9.17, 15) is 21.6 Å². The summed E-state index contributed by atoms with van der Waals surface area (Å²) in [7, 11) is -3.27. The number of halogens is 4. The Kier molecular flexibility index (Phi) is 4.88. The average molecular weight is 358 g/mol. The number of anilines is 1. The third-order valence-electron chi connectivity index (χ3n) is 3.32. The molecule has 1 aromatic heterocycles. The van der Waals surface area contributed by atoms with Crippen molar-refractivity contribution in [1.82, 2.24) is 9.71 Å². The number of alkyl halides is 3. The molecule has 1 aromatic rings. The highest BCUT2D eigenvalue weighted by Gasteiger charge is 2.32. The van der Waals surface area contributed by atoms with Crippen LogP contribution in [0.3, 0.4) is 0 Å². The minimum Gasteiger partial charge on any atom is -0.355 e. The summed E-state index contributed by atoms with van der Waals surface area (Å²) in [5, 5.41) is -0.0654. The second-order valence-corrected chi connectivity index (χ2v) is 7.37. The van der Waals surface area contributed by atoms with Gasteiger partial charge < -0.3 is 4.90 Å². The first-order valence-corrected chi connectivity index (χ1v) is 8.78. The van der Waals surface area contributed by atoms with E-state index in [-0.39, 0.29) is 16.9 Å². The molecule has 22 heavy (non-hydrogen) atoms. The molecule has 124 valence electrons. The maximum Gasteiger partial charge on any atom is 0.417 e. The summed E-state index contributed by atoms with van der Waals surface area (Å²) < 4.78 is 62.6. The highest BCUT2D eigenvalue weighted by Crippen LogP contribution is 2.34. The van der Waals surface area contributed by atoms with Gasteiger partial charge in [0.05, 0.1) is 16.8 Å². The number of aromatic nitrogens is 1. The fraction of sp³-hybridized carbons (Fsp3) is 0.583. The van der Waals surface area contributed by atoms with Crippen LogP contribution in [0.25, 0.3) is 0 Å². The SMILES string of the molecule is CS(=O)(=O)NC1CCN(c2ncc(C(F)(F)F)cc2Cl)CC1. The van der Waals surface area contributed by atoms with E-state index in [0.717, 1.165) is 18.5 Å². The highest BCUT2D eigenvalue weighted by molar-refractivity contribution is 7.88. The summed E-state index contributed by atoms with van der Waals surface area (Å²) in [6.45, 7) is 0.927. The minimum absolute atomic E-state index is 0.0654. The summed E-state index contributed by atoms with van der Waals surface area (Å²) in [6.07, 6.45) is -1.57. The van der Waals surface area contributed by atoms with Crippen molar-refractivity contribution in [2.75, 3.05) is 24.2 Å². The van der Waals surface area contributed by atoms with Gasteiger partial charge in [0.25, 0.3) is 0 Å². The van der Waals surface area contributed by atoms with E-state index in [1.807, 2.05) is 0 Å². The van der Waals surface area contributed by atoms with Crippen LogP contribution in [-0.4, -0.2) is 38.8 Å². The molecule has 0 unspecified atom stereocenters. The maximum absolute atomic E-state index is 12.6. The van der Waals surface area contributed by atoms with E-state index in [1.54, 1.807) is 4.90 Å². The third kappa shape index (κ3) is 4.47. The average Bonchev–Trinajstić information content (AvgIpc) is 2.37. The van der Waals surface area contributed by atoms with Crippen LogP contribution < -0.4 is 9.62 Å². The molecular weight excluding hydrogens is 343 g/mol. The Balaban J connectivity index is 2.06. The number of nitrogens with one attached hydrogen (secondary N) is 1. The Labute approximate surface area is 131 Å². The van der Waals surface area contributed by atoms with Gasteiger partial charge in [-0.3, -0.25) is 0 Å². The topological polar surface area (TPSA) is 62.3 Å². The molecule has 0 spiro atoms. The second kappa shape index (κ2) is 6.21. The zero-order valence-corrected chi connectivity index (χ0v) is 13.3. The fourth-order valence-electron chi connectivity index (χ4n) is 2.33. The molecule has 1 N–H and O–H groups in total. The molecule has 1 fully saturated rings. The standard InChI is InChI=1S/C12H15ClF3N3O2S/c1-22(20,21)18-9-2-4-19(5-3-9)11-10(13)6-8(7-17-11)12(14,15)16/h6-7,9,18H,2-5H2,1H3. The first kappa shape index (κ1) is 17.3. The van der Waals surface area contributed by atoms with Crippen molar-refractivity contribution >= 4 is 27.4 Å². The lowest BCUT2D eigenvalue weighted by Gasteiger charge is -2.33. The summed E-state index contributed by atoms with van der Waals surface area (Å²) in [5.41, 5.74) is -0.894. The van der Waals surface area contributed by atoms with Crippen molar-refractivity contribution in [1.29, 1.82) is 0 Å². The van der Waals surface area contributed by atoms with Gasteiger partial charge in [0.1, 0.15) is 5.82 Å². The fourth-order valence-corrected chi connectivity index (χ4v) is 3.46. The van der Waals surface area contributed by atoms with E-state index in [1.165, 1.54) is 0 Å². The van der Waals surface area contributed by atoms with Crippen LogP contribution in [-0.2, 0) is 16.2 Å². The van der Waals surface area contributed by atoms with Gasteiger partial charge in [-0.1, -0.05) is 11.6 Å². The number of rotatable bonds is 3. The van der Waals surface area contributed by atoms with E-state index in [4.69, 9.17) is 11.6 Å². The predicted octanol–water partition coefficient (Wildman–Crippen LogP) is 2.27. The Hall–Kier alpha value is -1.06. The summed E-state index contributed by atoms with van der Waals surface area (Å²) >= 11 is 5.90. The zero-order chi connectivity index (χ0) is 16.5. The van der Waals surface area contributed by atoms with Crippen molar-refractivity contribution < 1.29 is 21.6 Å². The summed E-state index contributed by atoms with van der Waals surface area (Å²) in [5.74, 6) is 0.285. The molecule has 0 amide bonds. The lowest BCUT2D eigenvalue weighted by Crippen LogP contribution is -2.44. The molecule has 0 atom stereocenters. The maximum atomic E-state index is 12.6. The third-order valence-corrected chi connectivity index (χ3v) is 4.36. The first-order chi connectivity index (χ1) is 10.1. The summed E-state index contributed by atoms with van der Waals surface area (Å²) in [6, 6.07) is 0.671. The second-order valence-electron chi connectivity index (χ2n) is 5.18. The van der Waals surface area contributed by atoms with Crippen LogP contribution >= 0.6 is 11.6 Å². The molecule has 1 saturated heterocycles. The van der Waals surface area contributed by atoms with E-state index in [2.05, 4.69) is 9.71 Å². The zero-order valence-electron chi connectivity index (χ0n) is 11.7. The van der Waals surface area contributed by atoms with Crippen molar-refractivity contribution in [2.45, 2.75) is 25.1 Å². The molecule has 2 heterocycles. The monoisotopic (exact) mass is 357 g/mol. The van der Waals surface area contributed by atoms with E-state index in [0.29, 0.717) is 25.9 Å². The van der Waals surface area contributed by atoms with E-state index >= 15 is 0 Å². The molecule has 0 bridgehead atoms. The molecule has 2 rings (SSSR count). The Morgan fingerprint density at radius 1 is 1.36 bits per heavy atom. The molecule has 10 heteroatoms. The molecular formula is C12H15ClF3N3O2S. The Morgan fingerprint density at radius 2 is 1.95 bits per heavy atom. The first-order valence-electron chi connectivity index (χ1n) is 6.51. The van der Waals surface area contributed by atoms with Crippen LogP contribution in [0, 0.1) is 0 Å². The molecule has 0 aromatic carbocycles. The molecule has 1 aliphatic rings. The molecule has 0 saturated carbocycles. The molecule has 5 nitrogen and oxygen atoms in total. The van der Waals surface area contributed by atoms with Crippen LogP contribution in [0.5, 0.6) is 0 Å². The van der Waals surface area contributed by atoms with Crippen molar-refractivity contribution in [3.05, 3.63) is 22.8 Å². The summed E-state index contributed by atoms with van der Waals surface area (Å²) in [4.78, 5) is 5.56. The van der Waals surface area contributed by atoms with Crippen LogP contribution in [0.15, 0.2) is 12.3 Å². The van der Waals surface area contributed by atoms with Gasteiger partial charge in [0, 0.05) is 25.3 Å². The van der Waals surface area contributed by atoms with Crippen LogP contribution in [0.4, 0.5) is 19.0 Å². The number of pyridine rings is 1. The Bertz CT molecular complexity index is 644. The molecule has 1 aliphatic heterocycles. The number of nitrogens with zero attached hydrogens (tertiary/aromatic N) is 2.